The van der Waals surface area contributed by atoms with E-state index in [0.717, 1.165) is 32.1 Å². The minimum Gasteiger partial charge on any atom is -0.459 e. The standard InChI is InChI=1S/C18H24N2O4/c1-12-15(20-18(24-12)16-8-5-9-23-16)10-17(22)19-14-7-4-2-3-6-13(14)11-21/h5,8-9,13-14,21H,2-4,6-7,10-11H2,1H3,(H,19,22). The van der Waals surface area contributed by atoms with Gasteiger partial charge in [-0.1, -0.05) is 19.3 Å². The van der Waals surface area contributed by atoms with Crippen LogP contribution in [0.4, 0.5) is 0 Å². The minimum absolute atomic E-state index is 0.0433. The fourth-order valence-electron chi connectivity index (χ4n) is 3.30. The normalized spacial score (nSPS) is 21.4. The molecule has 2 unspecified atom stereocenters. The lowest BCUT2D eigenvalue weighted by Crippen LogP contribution is -2.41. The van der Waals surface area contributed by atoms with Crippen LogP contribution in [0.1, 0.15) is 43.6 Å². The van der Waals surface area contributed by atoms with Crippen molar-refractivity contribution in [1.29, 1.82) is 0 Å². The van der Waals surface area contributed by atoms with Gasteiger partial charge in [0.25, 0.3) is 5.89 Å². The number of rotatable bonds is 5. The largest absolute Gasteiger partial charge is 0.459 e. The molecule has 24 heavy (non-hydrogen) atoms. The molecule has 0 aliphatic heterocycles. The molecule has 2 heterocycles. The summed E-state index contributed by atoms with van der Waals surface area (Å²) in [5, 5.41) is 12.6. The number of oxazole rings is 1. The van der Waals surface area contributed by atoms with Gasteiger partial charge in [0.15, 0.2) is 5.76 Å². The summed E-state index contributed by atoms with van der Waals surface area (Å²) in [6.07, 6.45) is 6.99. The molecule has 0 saturated heterocycles. The summed E-state index contributed by atoms with van der Waals surface area (Å²) in [4.78, 5) is 16.8. The Bertz CT molecular complexity index is 663. The minimum atomic E-state index is -0.0808. The molecule has 6 nitrogen and oxygen atoms in total. The van der Waals surface area contributed by atoms with Gasteiger partial charge in [-0.2, -0.15) is 0 Å². The van der Waals surface area contributed by atoms with Gasteiger partial charge in [0.05, 0.1) is 18.4 Å². The summed E-state index contributed by atoms with van der Waals surface area (Å²) in [5.41, 5.74) is 0.619. The van der Waals surface area contributed by atoms with Gasteiger partial charge in [-0.25, -0.2) is 4.98 Å². The zero-order valence-electron chi connectivity index (χ0n) is 14.0. The summed E-state index contributed by atoms with van der Waals surface area (Å²) in [7, 11) is 0. The van der Waals surface area contributed by atoms with Gasteiger partial charge in [0, 0.05) is 18.6 Å². The van der Waals surface area contributed by atoms with E-state index < -0.39 is 0 Å². The van der Waals surface area contributed by atoms with Crippen molar-refractivity contribution in [3.63, 3.8) is 0 Å². The first-order valence-corrected chi connectivity index (χ1v) is 8.57. The Morgan fingerprint density at radius 3 is 2.96 bits per heavy atom. The molecule has 6 heteroatoms. The van der Waals surface area contributed by atoms with Crippen LogP contribution in [-0.4, -0.2) is 28.6 Å². The van der Waals surface area contributed by atoms with Crippen LogP contribution in [-0.2, 0) is 11.2 Å². The van der Waals surface area contributed by atoms with Gasteiger partial charge in [-0.15, -0.1) is 0 Å². The average Bonchev–Trinajstić information content (AvgIpc) is 3.15. The van der Waals surface area contributed by atoms with E-state index in [4.69, 9.17) is 8.83 Å². The van der Waals surface area contributed by atoms with E-state index in [-0.39, 0.29) is 30.9 Å². The topological polar surface area (TPSA) is 88.5 Å². The van der Waals surface area contributed by atoms with Gasteiger partial charge < -0.3 is 19.3 Å². The number of hydrogen-bond donors (Lipinski definition) is 2. The molecule has 2 aromatic heterocycles. The highest BCUT2D eigenvalue weighted by molar-refractivity contribution is 5.78. The average molecular weight is 332 g/mol. The number of amides is 1. The van der Waals surface area contributed by atoms with Gasteiger partial charge >= 0.3 is 0 Å². The first-order chi connectivity index (χ1) is 11.7. The van der Waals surface area contributed by atoms with Crippen molar-refractivity contribution in [2.45, 2.75) is 51.5 Å². The van der Waals surface area contributed by atoms with Gasteiger partial charge in [0.2, 0.25) is 5.91 Å². The third-order valence-corrected chi connectivity index (χ3v) is 4.69. The maximum absolute atomic E-state index is 12.4. The van der Waals surface area contributed by atoms with Crippen LogP contribution >= 0.6 is 0 Å². The maximum Gasteiger partial charge on any atom is 0.263 e. The monoisotopic (exact) mass is 332 g/mol. The highest BCUT2D eigenvalue weighted by Gasteiger charge is 2.25. The second-order valence-electron chi connectivity index (χ2n) is 6.43. The van der Waals surface area contributed by atoms with E-state index in [0.29, 0.717) is 23.1 Å². The number of aromatic nitrogens is 1. The van der Waals surface area contributed by atoms with Gasteiger partial charge in [-0.05, 0) is 31.9 Å². The number of nitrogens with one attached hydrogen (secondary N) is 1. The number of aliphatic hydroxyl groups is 1. The first-order valence-electron chi connectivity index (χ1n) is 8.57. The maximum atomic E-state index is 12.4. The van der Waals surface area contributed by atoms with Crippen LogP contribution in [0.25, 0.3) is 11.7 Å². The van der Waals surface area contributed by atoms with E-state index in [1.807, 2.05) is 0 Å². The zero-order chi connectivity index (χ0) is 16.9. The molecule has 1 saturated carbocycles. The molecule has 2 atom stereocenters. The molecule has 0 radical (unpaired) electrons. The van der Waals surface area contributed by atoms with E-state index in [1.165, 1.54) is 0 Å². The van der Waals surface area contributed by atoms with E-state index >= 15 is 0 Å². The third kappa shape index (κ3) is 3.87. The highest BCUT2D eigenvalue weighted by atomic mass is 16.4. The lowest BCUT2D eigenvalue weighted by atomic mass is 9.95. The summed E-state index contributed by atoms with van der Waals surface area (Å²) in [6, 6.07) is 3.58. The number of carbonyl (C=O) groups excluding carboxylic acids is 1. The second-order valence-corrected chi connectivity index (χ2v) is 6.43. The quantitative estimate of drug-likeness (QED) is 0.822. The van der Waals surface area contributed by atoms with Crippen LogP contribution in [0.2, 0.25) is 0 Å². The van der Waals surface area contributed by atoms with Crippen LogP contribution in [0.3, 0.4) is 0 Å². The number of aryl methyl sites for hydroxylation is 1. The molecule has 0 bridgehead atoms. The SMILES string of the molecule is Cc1oc(-c2ccco2)nc1CC(=O)NC1CCCCCC1CO. The second kappa shape index (κ2) is 7.66. The van der Waals surface area contributed by atoms with Gasteiger partial charge in [-0.3, -0.25) is 4.79 Å². The van der Waals surface area contributed by atoms with Crippen molar-refractivity contribution in [2.75, 3.05) is 6.61 Å². The van der Waals surface area contributed by atoms with Crippen LogP contribution < -0.4 is 5.32 Å². The molecule has 2 N–H and O–H groups in total. The molecule has 1 amide bonds. The van der Waals surface area contributed by atoms with E-state index in [9.17, 15) is 9.90 Å². The van der Waals surface area contributed by atoms with Crippen molar-refractivity contribution in [3.8, 4) is 11.7 Å². The highest BCUT2D eigenvalue weighted by Crippen LogP contribution is 2.24. The molecule has 130 valence electrons. The lowest BCUT2D eigenvalue weighted by molar-refractivity contribution is -0.121. The fraction of sp³-hybridized carbons (Fsp3) is 0.556. The van der Waals surface area contributed by atoms with Crippen molar-refractivity contribution >= 4 is 5.91 Å². The smallest absolute Gasteiger partial charge is 0.263 e. The Balaban J connectivity index is 1.64. The molecular weight excluding hydrogens is 308 g/mol. The number of aliphatic hydroxyl groups excluding tert-OH is 1. The number of furan rings is 1. The first kappa shape index (κ1) is 16.8. The fourth-order valence-corrected chi connectivity index (χ4v) is 3.30. The third-order valence-electron chi connectivity index (χ3n) is 4.69. The van der Waals surface area contributed by atoms with E-state index in [2.05, 4.69) is 10.3 Å². The van der Waals surface area contributed by atoms with Crippen LogP contribution in [0, 0.1) is 12.8 Å². The molecule has 1 aliphatic rings. The molecular formula is C18H24N2O4. The molecule has 0 spiro atoms. The molecule has 1 aliphatic carbocycles. The van der Waals surface area contributed by atoms with Crippen LogP contribution in [0.15, 0.2) is 27.2 Å². The Morgan fingerprint density at radius 1 is 1.38 bits per heavy atom. The Hall–Kier alpha value is -2.08. The number of hydrogen-bond acceptors (Lipinski definition) is 5. The van der Waals surface area contributed by atoms with Gasteiger partial charge in [0.1, 0.15) is 5.76 Å². The summed E-state index contributed by atoms with van der Waals surface area (Å²) in [6.45, 7) is 1.92. The summed E-state index contributed by atoms with van der Waals surface area (Å²) >= 11 is 0. The Kier molecular flexibility index (Phi) is 5.35. The predicted octanol–water partition coefficient (Wildman–Crippen LogP) is 2.84. The summed E-state index contributed by atoms with van der Waals surface area (Å²) in [5.74, 6) is 1.63. The molecule has 3 rings (SSSR count). The van der Waals surface area contributed by atoms with Crippen molar-refractivity contribution in [3.05, 3.63) is 29.9 Å². The van der Waals surface area contributed by atoms with Crippen molar-refractivity contribution in [1.82, 2.24) is 10.3 Å². The predicted molar refractivity (Wildman–Crippen MR) is 88.2 cm³/mol. The number of carbonyl (C=O) groups is 1. The van der Waals surface area contributed by atoms with Crippen molar-refractivity contribution < 1.29 is 18.7 Å². The number of nitrogens with zero attached hydrogens (tertiary/aromatic N) is 1. The van der Waals surface area contributed by atoms with Crippen LogP contribution in [0.5, 0.6) is 0 Å². The van der Waals surface area contributed by atoms with E-state index in [1.54, 1.807) is 25.3 Å². The lowest BCUT2D eigenvalue weighted by Gasteiger charge is -2.24. The summed E-state index contributed by atoms with van der Waals surface area (Å²) < 4.78 is 10.9. The van der Waals surface area contributed by atoms with Crippen molar-refractivity contribution in [2.24, 2.45) is 5.92 Å². The molecule has 2 aromatic rings. The Labute approximate surface area is 141 Å². The Morgan fingerprint density at radius 2 is 2.21 bits per heavy atom. The zero-order valence-corrected chi connectivity index (χ0v) is 14.0. The molecule has 1 fully saturated rings. The molecule has 0 aromatic carbocycles.